The number of oxazole rings is 1. The molecule has 0 unspecified atom stereocenters. The van der Waals surface area contributed by atoms with Crippen molar-refractivity contribution in [3.8, 4) is 0 Å². The Morgan fingerprint density at radius 1 is 1.27 bits per heavy atom. The Labute approximate surface area is 170 Å². The summed E-state index contributed by atoms with van der Waals surface area (Å²) in [7, 11) is 0. The van der Waals surface area contributed by atoms with Gasteiger partial charge in [-0.2, -0.15) is 0 Å². The number of benzene rings is 1. The van der Waals surface area contributed by atoms with Crippen LogP contribution in [0.25, 0.3) is 22.2 Å². The molecule has 1 aliphatic rings. The van der Waals surface area contributed by atoms with Crippen LogP contribution in [0, 0.1) is 12.7 Å². The number of hydrogen-bond acceptors (Lipinski definition) is 7. The number of nitrogens with zero attached hydrogens (tertiary/aromatic N) is 3. The van der Waals surface area contributed by atoms with Crippen LogP contribution < -0.4 is 10.6 Å². The molecule has 1 saturated carbocycles. The Bertz CT molecular complexity index is 1270. The molecule has 154 valence electrons. The Morgan fingerprint density at radius 3 is 2.90 bits per heavy atom. The molecule has 0 bridgehead atoms. The fourth-order valence-corrected chi connectivity index (χ4v) is 3.44. The highest BCUT2D eigenvalue weighted by Gasteiger charge is 2.38. The van der Waals surface area contributed by atoms with Crippen molar-refractivity contribution >= 4 is 33.9 Å². The van der Waals surface area contributed by atoms with Crippen LogP contribution in [-0.4, -0.2) is 32.9 Å². The number of rotatable bonds is 6. The first kappa shape index (κ1) is 18.5. The summed E-state index contributed by atoms with van der Waals surface area (Å²) in [5.41, 5.74) is 1.75. The number of nitrogens with one attached hydrogen (secondary N) is 2. The SMILES string of the molecule is Cc1oc2ncnc(NC3(C)CC3)c2c1C(=O)NCCc1nc2cc(F)ccc2o1. The summed E-state index contributed by atoms with van der Waals surface area (Å²) in [4.78, 5) is 25.7. The fraction of sp³-hybridized carbons (Fsp3) is 0.333. The average molecular weight is 409 g/mol. The van der Waals surface area contributed by atoms with E-state index in [0.717, 1.165) is 12.8 Å². The van der Waals surface area contributed by atoms with Crippen molar-refractivity contribution in [1.29, 1.82) is 0 Å². The summed E-state index contributed by atoms with van der Waals surface area (Å²) in [5.74, 6) is 0.848. The van der Waals surface area contributed by atoms with E-state index in [9.17, 15) is 9.18 Å². The molecule has 1 fully saturated rings. The van der Waals surface area contributed by atoms with E-state index in [4.69, 9.17) is 8.83 Å². The van der Waals surface area contributed by atoms with E-state index in [2.05, 4.69) is 32.5 Å². The minimum atomic E-state index is -0.371. The molecule has 8 nitrogen and oxygen atoms in total. The number of fused-ring (bicyclic) bond motifs is 2. The lowest BCUT2D eigenvalue weighted by Gasteiger charge is -2.13. The van der Waals surface area contributed by atoms with Crippen molar-refractivity contribution in [3.63, 3.8) is 0 Å². The van der Waals surface area contributed by atoms with Gasteiger partial charge in [-0.1, -0.05) is 0 Å². The average Bonchev–Trinajstić information content (AvgIpc) is 3.13. The normalized spacial score (nSPS) is 14.9. The molecule has 3 aromatic heterocycles. The number of aryl methyl sites for hydroxylation is 1. The highest BCUT2D eigenvalue weighted by molar-refractivity contribution is 6.10. The van der Waals surface area contributed by atoms with Crippen molar-refractivity contribution < 1.29 is 18.0 Å². The Hall–Kier alpha value is -3.49. The third-order valence-electron chi connectivity index (χ3n) is 5.33. The fourth-order valence-electron chi connectivity index (χ4n) is 3.44. The highest BCUT2D eigenvalue weighted by atomic mass is 19.1. The topological polar surface area (TPSA) is 106 Å². The van der Waals surface area contributed by atoms with Crippen LogP contribution in [0.5, 0.6) is 0 Å². The summed E-state index contributed by atoms with van der Waals surface area (Å²) in [6, 6.07) is 4.17. The largest absolute Gasteiger partial charge is 0.442 e. The lowest BCUT2D eigenvalue weighted by atomic mass is 10.1. The van der Waals surface area contributed by atoms with Gasteiger partial charge in [-0.05, 0) is 38.8 Å². The second-order valence-electron chi connectivity index (χ2n) is 7.85. The number of amides is 1. The molecule has 9 heteroatoms. The van der Waals surface area contributed by atoms with Gasteiger partial charge in [0.15, 0.2) is 11.5 Å². The Morgan fingerprint density at radius 2 is 2.10 bits per heavy atom. The third-order valence-corrected chi connectivity index (χ3v) is 5.33. The molecule has 3 heterocycles. The summed E-state index contributed by atoms with van der Waals surface area (Å²) in [6.45, 7) is 4.14. The van der Waals surface area contributed by atoms with Gasteiger partial charge in [-0.3, -0.25) is 4.79 Å². The van der Waals surface area contributed by atoms with E-state index in [0.29, 0.717) is 58.2 Å². The van der Waals surface area contributed by atoms with Crippen LogP contribution in [-0.2, 0) is 6.42 Å². The quantitative estimate of drug-likeness (QED) is 0.499. The van der Waals surface area contributed by atoms with Crippen molar-refractivity contribution in [3.05, 3.63) is 47.6 Å². The van der Waals surface area contributed by atoms with Crippen molar-refractivity contribution in [2.45, 2.75) is 38.6 Å². The number of carbonyl (C=O) groups is 1. The van der Waals surface area contributed by atoms with Crippen molar-refractivity contribution in [1.82, 2.24) is 20.3 Å². The predicted octanol–water partition coefficient (Wildman–Crippen LogP) is 3.75. The summed E-state index contributed by atoms with van der Waals surface area (Å²) in [6.07, 6.45) is 3.89. The summed E-state index contributed by atoms with van der Waals surface area (Å²) < 4.78 is 24.6. The number of furan rings is 1. The maximum atomic E-state index is 13.3. The zero-order valence-electron chi connectivity index (χ0n) is 16.6. The molecule has 4 aromatic rings. The molecule has 30 heavy (non-hydrogen) atoms. The molecule has 0 radical (unpaired) electrons. The van der Waals surface area contributed by atoms with Crippen LogP contribution in [0.15, 0.2) is 33.4 Å². The zero-order chi connectivity index (χ0) is 20.9. The standard InChI is InChI=1S/C21H20FN5O3/c1-11-16(17-18(27-21(2)6-7-21)24-10-25-20(17)29-11)19(28)23-8-5-15-26-13-9-12(22)3-4-14(13)30-15/h3-4,9-10H,5-8H2,1-2H3,(H,23,28)(H,24,25,27). The van der Waals surface area contributed by atoms with Gasteiger partial charge in [0, 0.05) is 24.6 Å². The molecule has 1 aliphatic carbocycles. The molecule has 5 rings (SSSR count). The van der Waals surface area contributed by atoms with Crippen LogP contribution in [0.1, 0.15) is 41.8 Å². The predicted molar refractivity (Wildman–Crippen MR) is 108 cm³/mol. The van der Waals surface area contributed by atoms with E-state index < -0.39 is 0 Å². The van der Waals surface area contributed by atoms with Crippen LogP contribution in [0.3, 0.4) is 0 Å². The molecule has 0 aliphatic heterocycles. The van der Waals surface area contributed by atoms with Gasteiger partial charge in [0.1, 0.15) is 29.2 Å². The lowest BCUT2D eigenvalue weighted by Crippen LogP contribution is -2.26. The van der Waals surface area contributed by atoms with Gasteiger partial charge in [0.25, 0.3) is 5.91 Å². The second kappa shape index (κ2) is 6.79. The molecular formula is C21H20FN5O3. The number of halogens is 1. The summed E-state index contributed by atoms with van der Waals surface area (Å²) in [5, 5.41) is 6.85. The summed E-state index contributed by atoms with van der Waals surface area (Å²) >= 11 is 0. The molecule has 1 amide bonds. The molecule has 0 atom stereocenters. The van der Waals surface area contributed by atoms with Gasteiger partial charge in [-0.25, -0.2) is 19.3 Å². The van der Waals surface area contributed by atoms with Crippen LogP contribution in [0.2, 0.25) is 0 Å². The minimum Gasteiger partial charge on any atom is -0.442 e. The molecule has 0 spiro atoms. The van der Waals surface area contributed by atoms with Gasteiger partial charge in [-0.15, -0.1) is 0 Å². The first-order valence-electron chi connectivity index (χ1n) is 9.77. The maximum Gasteiger partial charge on any atom is 0.255 e. The zero-order valence-corrected chi connectivity index (χ0v) is 16.6. The Balaban J connectivity index is 1.34. The highest BCUT2D eigenvalue weighted by Crippen LogP contribution is 2.40. The van der Waals surface area contributed by atoms with Gasteiger partial charge in [0.05, 0.1) is 10.9 Å². The van der Waals surface area contributed by atoms with E-state index in [1.807, 2.05) is 0 Å². The van der Waals surface area contributed by atoms with Crippen LogP contribution in [0.4, 0.5) is 10.2 Å². The van der Waals surface area contributed by atoms with E-state index in [-0.39, 0.29) is 17.3 Å². The number of hydrogen-bond donors (Lipinski definition) is 2. The molecule has 1 aromatic carbocycles. The van der Waals surface area contributed by atoms with E-state index >= 15 is 0 Å². The smallest absolute Gasteiger partial charge is 0.255 e. The first-order valence-corrected chi connectivity index (χ1v) is 9.77. The Kier molecular flexibility index (Phi) is 4.19. The van der Waals surface area contributed by atoms with E-state index in [1.54, 1.807) is 6.92 Å². The van der Waals surface area contributed by atoms with Crippen molar-refractivity contribution in [2.24, 2.45) is 0 Å². The molecule has 0 saturated heterocycles. The molecular weight excluding hydrogens is 389 g/mol. The van der Waals surface area contributed by atoms with Gasteiger partial charge >= 0.3 is 0 Å². The number of carbonyl (C=O) groups excluding carboxylic acids is 1. The van der Waals surface area contributed by atoms with Crippen molar-refractivity contribution in [2.75, 3.05) is 11.9 Å². The third kappa shape index (κ3) is 3.36. The van der Waals surface area contributed by atoms with Gasteiger partial charge in [0.2, 0.25) is 5.71 Å². The second-order valence-corrected chi connectivity index (χ2v) is 7.85. The van der Waals surface area contributed by atoms with Gasteiger partial charge < -0.3 is 19.5 Å². The monoisotopic (exact) mass is 409 g/mol. The maximum absolute atomic E-state index is 13.3. The van der Waals surface area contributed by atoms with E-state index in [1.165, 1.54) is 24.5 Å². The van der Waals surface area contributed by atoms with Crippen LogP contribution >= 0.6 is 0 Å². The number of aromatic nitrogens is 3. The lowest BCUT2D eigenvalue weighted by molar-refractivity contribution is 0.0953. The molecule has 2 N–H and O–H groups in total. The minimum absolute atomic E-state index is 0.00730. The number of anilines is 1. The first-order chi connectivity index (χ1) is 14.4.